The van der Waals surface area contributed by atoms with Gasteiger partial charge in [-0.05, 0) is 27.7 Å². The van der Waals surface area contributed by atoms with Crippen molar-refractivity contribution in [2.75, 3.05) is 5.75 Å². The molecule has 0 aromatic carbocycles. The molecule has 2 aromatic heterocycles. The molecule has 2 rings (SSSR count). The van der Waals surface area contributed by atoms with Gasteiger partial charge in [-0.3, -0.25) is 0 Å². The second kappa shape index (κ2) is 5.42. The normalized spacial score (nSPS) is 10.8. The van der Waals surface area contributed by atoms with Crippen molar-refractivity contribution >= 4 is 39.3 Å². The lowest BCUT2D eigenvalue weighted by atomic mass is 10.2. The molecule has 0 aliphatic carbocycles. The van der Waals surface area contributed by atoms with Crippen LogP contribution in [0.4, 0.5) is 0 Å². The summed E-state index contributed by atoms with van der Waals surface area (Å²) in [6.07, 6.45) is 3.58. The van der Waals surface area contributed by atoms with Crippen LogP contribution < -0.4 is 0 Å². The highest BCUT2D eigenvalue weighted by atomic mass is 79.9. The van der Waals surface area contributed by atoms with Crippen LogP contribution in [0.2, 0.25) is 5.15 Å². The van der Waals surface area contributed by atoms with Gasteiger partial charge in [0.1, 0.15) is 15.6 Å². The fraction of sp³-hybridized carbons (Fsp3) is 0.273. The van der Waals surface area contributed by atoms with Crippen molar-refractivity contribution in [3.8, 4) is 11.4 Å². The second-order valence-corrected chi connectivity index (χ2v) is 5.91. The average molecular weight is 333 g/mol. The molecule has 17 heavy (non-hydrogen) atoms. The summed E-state index contributed by atoms with van der Waals surface area (Å²) in [5, 5.41) is 0.486. The van der Waals surface area contributed by atoms with E-state index in [0.29, 0.717) is 5.15 Å². The van der Waals surface area contributed by atoms with Gasteiger partial charge in [-0.25, -0.2) is 9.97 Å². The molecule has 0 atom stereocenters. The van der Waals surface area contributed by atoms with E-state index in [1.54, 1.807) is 24.2 Å². The van der Waals surface area contributed by atoms with Gasteiger partial charge in [0.2, 0.25) is 0 Å². The largest absolute Gasteiger partial charge is 0.322 e. The van der Waals surface area contributed by atoms with Crippen molar-refractivity contribution in [1.82, 2.24) is 14.5 Å². The number of thioether (sulfide) groups is 1. The first-order valence-electron chi connectivity index (χ1n) is 5.09. The first kappa shape index (κ1) is 12.9. The summed E-state index contributed by atoms with van der Waals surface area (Å²) >= 11 is 11.1. The van der Waals surface area contributed by atoms with Crippen LogP contribution >= 0.6 is 39.3 Å². The first-order valence-corrected chi connectivity index (χ1v) is 7.25. The van der Waals surface area contributed by atoms with Crippen LogP contribution in [0.25, 0.3) is 11.4 Å². The quantitative estimate of drug-likeness (QED) is 0.628. The van der Waals surface area contributed by atoms with E-state index in [0.717, 1.165) is 26.6 Å². The molecule has 3 nitrogen and oxygen atoms in total. The van der Waals surface area contributed by atoms with Crippen LogP contribution in [0.5, 0.6) is 0 Å². The molecule has 0 aliphatic heterocycles. The van der Waals surface area contributed by atoms with Crippen molar-refractivity contribution in [3.63, 3.8) is 0 Å². The molecule has 0 fully saturated rings. The third-order valence-electron chi connectivity index (χ3n) is 2.31. The van der Waals surface area contributed by atoms with Gasteiger partial charge in [0.05, 0.1) is 6.20 Å². The number of hydrogen-bond acceptors (Lipinski definition) is 3. The fourth-order valence-electron chi connectivity index (χ4n) is 1.50. The fourth-order valence-corrected chi connectivity index (χ4v) is 2.67. The van der Waals surface area contributed by atoms with Gasteiger partial charge in [-0.2, -0.15) is 0 Å². The summed E-state index contributed by atoms with van der Waals surface area (Å²) in [7, 11) is 1.96. The van der Waals surface area contributed by atoms with Crippen molar-refractivity contribution in [2.24, 2.45) is 7.05 Å². The molecular weight excluding hydrogens is 322 g/mol. The van der Waals surface area contributed by atoms with Crippen LogP contribution in [-0.4, -0.2) is 20.3 Å². The molecule has 6 heteroatoms. The molecule has 0 spiro atoms. The second-order valence-electron chi connectivity index (χ2n) is 3.40. The molecule has 90 valence electrons. The number of pyridine rings is 1. The molecule has 0 saturated carbocycles. The third kappa shape index (κ3) is 2.67. The zero-order valence-corrected chi connectivity index (χ0v) is 12.6. The molecule has 0 aliphatic rings. The number of hydrogen-bond donors (Lipinski definition) is 0. The van der Waals surface area contributed by atoms with Crippen molar-refractivity contribution in [2.45, 2.75) is 11.8 Å². The maximum Gasteiger partial charge on any atom is 0.141 e. The highest BCUT2D eigenvalue weighted by Gasteiger charge is 2.13. The van der Waals surface area contributed by atoms with Crippen LogP contribution in [-0.2, 0) is 7.05 Å². The zero-order chi connectivity index (χ0) is 12.4. The minimum Gasteiger partial charge on any atom is -0.322 e. The minimum atomic E-state index is 0.486. The van der Waals surface area contributed by atoms with Crippen LogP contribution in [0.15, 0.2) is 28.0 Å². The van der Waals surface area contributed by atoms with E-state index in [1.165, 1.54) is 0 Å². The van der Waals surface area contributed by atoms with Crippen molar-refractivity contribution in [1.29, 1.82) is 0 Å². The summed E-state index contributed by atoms with van der Waals surface area (Å²) in [6.45, 7) is 2.11. The third-order valence-corrected chi connectivity index (χ3v) is 4.17. The number of rotatable bonds is 3. The Kier molecular flexibility index (Phi) is 4.12. The zero-order valence-electron chi connectivity index (χ0n) is 9.44. The van der Waals surface area contributed by atoms with Gasteiger partial charge >= 0.3 is 0 Å². The topological polar surface area (TPSA) is 30.7 Å². The lowest BCUT2D eigenvalue weighted by Gasteiger charge is -2.08. The molecule has 0 radical (unpaired) electrons. The molecular formula is C11H11BrClN3S. The molecule has 0 N–H and O–H groups in total. The number of halogens is 2. The summed E-state index contributed by atoms with van der Waals surface area (Å²) in [5.74, 6) is 1.87. The van der Waals surface area contributed by atoms with E-state index in [2.05, 4.69) is 32.8 Å². The number of nitrogens with zero attached hydrogens (tertiary/aromatic N) is 3. The molecule has 0 saturated heterocycles. The molecule has 2 aromatic rings. The number of aromatic nitrogens is 3. The highest BCUT2D eigenvalue weighted by molar-refractivity contribution is 9.10. The lowest BCUT2D eigenvalue weighted by Crippen LogP contribution is -1.95. The molecule has 2 heterocycles. The Morgan fingerprint density at radius 3 is 2.76 bits per heavy atom. The van der Waals surface area contributed by atoms with E-state index in [1.807, 2.05) is 17.7 Å². The summed E-state index contributed by atoms with van der Waals surface area (Å²) in [6, 6.07) is 1.86. The predicted octanol–water partition coefficient (Wildman–Crippen LogP) is 4.01. The van der Waals surface area contributed by atoms with Crippen LogP contribution in [0.3, 0.4) is 0 Å². The average Bonchev–Trinajstić information content (AvgIpc) is 2.63. The summed E-state index contributed by atoms with van der Waals surface area (Å²) in [4.78, 5) is 9.60. The van der Waals surface area contributed by atoms with E-state index in [-0.39, 0.29) is 0 Å². The molecule has 0 unspecified atom stereocenters. The monoisotopic (exact) mass is 331 g/mol. The number of imidazole rings is 1. The van der Waals surface area contributed by atoms with Gasteiger partial charge in [0.15, 0.2) is 0 Å². The van der Waals surface area contributed by atoms with Gasteiger partial charge in [-0.15, -0.1) is 11.8 Å². The lowest BCUT2D eigenvalue weighted by molar-refractivity contribution is 0.897. The van der Waals surface area contributed by atoms with Gasteiger partial charge in [0, 0.05) is 23.7 Å². The van der Waals surface area contributed by atoms with Crippen molar-refractivity contribution in [3.05, 3.63) is 28.2 Å². The van der Waals surface area contributed by atoms with Crippen LogP contribution in [0.1, 0.15) is 6.92 Å². The van der Waals surface area contributed by atoms with E-state index < -0.39 is 0 Å². The Bertz CT molecular complexity index is 542. The van der Waals surface area contributed by atoms with Gasteiger partial charge in [-0.1, -0.05) is 18.5 Å². The summed E-state index contributed by atoms with van der Waals surface area (Å²) in [5.41, 5.74) is 1.02. The molecule has 0 amide bonds. The minimum absolute atomic E-state index is 0.486. The Morgan fingerprint density at radius 2 is 2.18 bits per heavy atom. The maximum absolute atomic E-state index is 5.96. The van der Waals surface area contributed by atoms with Crippen LogP contribution in [0, 0.1) is 0 Å². The van der Waals surface area contributed by atoms with Crippen molar-refractivity contribution < 1.29 is 0 Å². The Morgan fingerprint density at radius 1 is 1.41 bits per heavy atom. The van der Waals surface area contributed by atoms with E-state index in [4.69, 9.17) is 11.6 Å². The smallest absolute Gasteiger partial charge is 0.141 e. The highest BCUT2D eigenvalue weighted by Crippen LogP contribution is 2.32. The van der Waals surface area contributed by atoms with Gasteiger partial charge in [0.25, 0.3) is 0 Å². The van der Waals surface area contributed by atoms with E-state index >= 15 is 0 Å². The maximum atomic E-state index is 5.96. The molecule has 0 bridgehead atoms. The summed E-state index contributed by atoms with van der Waals surface area (Å²) < 4.78 is 2.92. The van der Waals surface area contributed by atoms with Gasteiger partial charge < -0.3 is 4.57 Å². The SMILES string of the molecule is CCSc1cnc(Cl)cc1-c1ncc(Br)n1C. The Hall–Kier alpha value is -0.520. The first-order chi connectivity index (χ1) is 8.13. The Labute approximate surface area is 118 Å². The standard InChI is InChI=1S/C11H11BrClN3S/c1-3-17-8-5-14-10(13)4-7(8)11-15-6-9(12)16(11)2/h4-6H,3H2,1-2H3. The predicted molar refractivity (Wildman–Crippen MR) is 75.5 cm³/mol. The Balaban J connectivity index is 2.56. The van der Waals surface area contributed by atoms with E-state index in [9.17, 15) is 0 Å².